The summed E-state index contributed by atoms with van der Waals surface area (Å²) in [5, 5.41) is 4.55. The minimum absolute atomic E-state index is 0.0155. The SMILES string of the molecule is Cc1ccc(-n2ncc3c(=O)n(NC(=O)C4CC(=O)N(c5ccc(F)cc5)C4)cnc32)cc1C. The molecule has 34 heavy (non-hydrogen) atoms. The molecule has 3 heterocycles. The van der Waals surface area contributed by atoms with Crippen molar-refractivity contribution in [2.24, 2.45) is 5.92 Å². The van der Waals surface area contributed by atoms with Crippen molar-refractivity contribution < 1.29 is 14.0 Å². The van der Waals surface area contributed by atoms with Crippen LogP contribution >= 0.6 is 0 Å². The van der Waals surface area contributed by atoms with Gasteiger partial charge in [0.1, 0.15) is 17.5 Å². The molecule has 2 aromatic heterocycles. The van der Waals surface area contributed by atoms with Crippen molar-refractivity contribution in [3.05, 3.63) is 82.3 Å². The van der Waals surface area contributed by atoms with Gasteiger partial charge < -0.3 is 4.90 Å². The van der Waals surface area contributed by atoms with E-state index in [1.807, 2.05) is 32.0 Å². The first-order valence-electron chi connectivity index (χ1n) is 10.7. The summed E-state index contributed by atoms with van der Waals surface area (Å²) >= 11 is 0. The number of hydrogen-bond donors (Lipinski definition) is 1. The Bertz CT molecular complexity index is 1490. The van der Waals surface area contributed by atoms with Crippen molar-refractivity contribution >= 4 is 28.5 Å². The summed E-state index contributed by atoms with van der Waals surface area (Å²) in [7, 11) is 0. The second-order valence-electron chi connectivity index (χ2n) is 8.34. The van der Waals surface area contributed by atoms with Gasteiger partial charge in [0.2, 0.25) is 11.8 Å². The van der Waals surface area contributed by atoms with E-state index in [1.165, 1.54) is 41.7 Å². The standard InChI is InChI=1S/C24H21FN6O3/c1-14-3-6-19(9-15(14)2)31-22-20(11-27-31)24(34)30(13-26-22)28-23(33)16-10-21(32)29(12-16)18-7-4-17(25)5-8-18/h3-9,11,13,16H,10,12H2,1-2H3,(H,28,33). The molecule has 1 atom stereocenters. The fourth-order valence-corrected chi connectivity index (χ4v) is 4.00. The van der Waals surface area contributed by atoms with Gasteiger partial charge in [0.15, 0.2) is 5.65 Å². The minimum Gasteiger partial charge on any atom is -0.312 e. The van der Waals surface area contributed by atoms with Crippen LogP contribution in [-0.2, 0) is 9.59 Å². The molecule has 1 aliphatic rings. The van der Waals surface area contributed by atoms with Gasteiger partial charge in [-0.25, -0.2) is 18.7 Å². The van der Waals surface area contributed by atoms with Crippen LogP contribution in [0.25, 0.3) is 16.7 Å². The van der Waals surface area contributed by atoms with E-state index in [0.29, 0.717) is 11.3 Å². The molecule has 1 aliphatic heterocycles. The molecule has 1 unspecified atom stereocenters. The third kappa shape index (κ3) is 3.72. The minimum atomic E-state index is -0.668. The zero-order chi connectivity index (χ0) is 24.0. The summed E-state index contributed by atoms with van der Waals surface area (Å²) in [5.41, 5.74) is 5.95. The van der Waals surface area contributed by atoms with E-state index in [0.717, 1.165) is 21.5 Å². The maximum Gasteiger partial charge on any atom is 0.283 e. The quantitative estimate of drug-likeness (QED) is 0.504. The van der Waals surface area contributed by atoms with Gasteiger partial charge in [0, 0.05) is 18.7 Å². The molecule has 0 spiro atoms. The Balaban J connectivity index is 1.37. The van der Waals surface area contributed by atoms with E-state index in [2.05, 4.69) is 15.5 Å². The highest BCUT2D eigenvalue weighted by Gasteiger charge is 2.35. The van der Waals surface area contributed by atoms with E-state index < -0.39 is 23.2 Å². The average molecular weight is 460 g/mol. The lowest BCUT2D eigenvalue weighted by Crippen LogP contribution is -2.37. The first kappa shape index (κ1) is 21.5. The molecule has 2 aromatic carbocycles. The predicted octanol–water partition coefficient (Wildman–Crippen LogP) is 2.46. The molecular formula is C24H21FN6O3. The van der Waals surface area contributed by atoms with E-state index in [1.54, 1.807) is 4.68 Å². The topological polar surface area (TPSA) is 102 Å². The summed E-state index contributed by atoms with van der Waals surface area (Å²) in [6.45, 7) is 4.13. The fraction of sp³-hybridized carbons (Fsp3) is 0.208. The number of nitrogens with one attached hydrogen (secondary N) is 1. The van der Waals surface area contributed by atoms with Gasteiger partial charge >= 0.3 is 0 Å². The van der Waals surface area contributed by atoms with Crippen LogP contribution in [0.1, 0.15) is 17.5 Å². The predicted molar refractivity (Wildman–Crippen MR) is 124 cm³/mol. The van der Waals surface area contributed by atoms with E-state index in [4.69, 9.17) is 0 Å². The molecule has 172 valence electrons. The highest BCUT2D eigenvalue weighted by molar-refractivity contribution is 6.01. The van der Waals surface area contributed by atoms with Gasteiger partial charge in [-0.15, -0.1) is 0 Å². The molecular weight excluding hydrogens is 439 g/mol. The number of fused-ring (bicyclic) bond motifs is 1. The Kier molecular flexibility index (Phi) is 5.20. The number of carbonyl (C=O) groups is 2. The highest BCUT2D eigenvalue weighted by atomic mass is 19.1. The first-order valence-corrected chi connectivity index (χ1v) is 10.7. The molecule has 1 fully saturated rings. The van der Waals surface area contributed by atoms with Gasteiger partial charge in [0.05, 0.1) is 17.8 Å². The number of halogens is 1. The molecule has 1 N–H and O–H groups in total. The third-order valence-corrected chi connectivity index (χ3v) is 6.09. The van der Waals surface area contributed by atoms with Crippen molar-refractivity contribution in [2.45, 2.75) is 20.3 Å². The van der Waals surface area contributed by atoms with Gasteiger partial charge in [0.25, 0.3) is 5.56 Å². The van der Waals surface area contributed by atoms with Gasteiger partial charge in [-0.3, -0.25) is 19.8 Å². The zero-order valence-corrected chi connectivity index (χ0v) is 18.5. The monoisotopic (exact) mass is 460 g/mol. The van der Waals surface area contributed by atoms with E-state index in [-0.39, 0.29) is 24.3 Å². The second-order valence-corrected chi connectivity index (χ2v) is 8.34. The Morgan fingerprint density at radius 3 is 2.53 bits per heavy atom. The van der Waals surface area contributed by atoms with Crippen molar-refractivity contribution in [1.29, 1.82) is 0 Å². The summed E-state index contributed by atoms with van der Waals surface area (Å²) in [6.07, 6.45) is 2.63. The Morgan fingerprint density at radius 2 is 1.79 bits per heavy atom. The maximum atomic E-state index is 13.2. The molecule has 0 aliphatic carbocycles. The number of nitrogens with zero attached hydrogens (tertiary/aromatic N) is 5. The summed E-state index contributed by atoms with van der Waals surface area (Å²) < 4.78 is 15.8. The molecule has 5 rings (SSSR count). The Morgan fingerprint density at radius 1 is 1.06 bits per heavy atom. The molecule has 4 aromatic rings. The highest BCUT2D eigenvalue weighted by Crippen LogP contribution is 2.25. The lowest BCUT2D eigenvalue weighted by Gasteiger charge is -2.17. The number of carbonyl (C=O) groups excluding carboxylic acids is 2. The van der Waals surface area contributed by atoms with Crippen LogP contribution in [0.2, 0.25) is 0 Å². The van der Waals surface area contributed by atoms with E-state index in [9.17, 15) is 18.8 Å². The van der Waals surface area contributed by atoms with Gasteiger partial charge in [-0.1, -0.05) is 6.07 Å². The summed E-state index contributed by atoms with van der Waals surface area (Å²) in [4.78, 5) is 44.0. The number of aromatic nitrogens is 4. The molecule has 0 radical (unpaired) electrons. The van der Waals surface area contributed by atoms with Gasteiger partial charge in [-0.2, -0.15) is 5.10 Å². The largest absolute Gasteiger partial charge is 0.312 e. The number of benzene rings is 2. The second kappa shape index (κ2) is 8.22. The maximum absolute atomic E-state index is 13.2. The summed E-state index contributed by atoms with van der Waals surface area (Å²) in [6, 6.07) is 11.3. The molecule has 0 saturated carbocycles. The van der Waals surface area contributed by atoms with Crippen LogP contribution in [0.15, 0.2) is 59.8 Å². The van der Waals surface area contributed by atoms with Crippen molar-refractivity contribution in [3.8, 4) is 5.69 Å². The number of hydrogen-bond acceptors (Lipinski definition) is 5. The Hall–Kier alpha value is -4.34. The van der Waals surface area contributed by atoms with Crippen molar-refractivity contribution in [1.82, 2.24) is 19.4 Å². The van der Waals surface area contributed by atoms with Crippen LogP contribution in [0.4, 0.5) is 10.1 Å². The number of aryl methyl sites for hydroxylation is 2. The van der Waals surface area contributed by atoms with Crippen LogP contribution < -0.4 is 15.9 Å². The molecule has 1 saturated heterocycles. The number of anilines is 1. The first-order chi connectivity index (χ1) is 16.3. The lowest BCUT2D eigenvalue weighted by atomic mass is 10.1. The fourth-order valence-electron chi connectivity index (χ4n) is 4.00. The molecule has 2 amide bonds. The average Bonchev–Trinajstić information content (AvgIpc) is 3.42. The Labute approximate surface area is 193 Å². The zero-order valence-electron chi connectivity index (χ0n) is 18.5. The van der Waals surface area contributed by atoms with Crippen LogP contribution in [0.5, 0.6) is 0 Å². The molecule has 9 nitrogen and oxygen atoms in total. The molecule has 10 heteroatoms. The number of rotatable bonds is 4. The van der Waals surface area contributed by atoms with Crippen molar-refractivity contribution in [3.63, 3.8) is 0 Å². The smallest absolute Gasteiger partial charge is 0.283 e. The summed E-state index contributed by atoms with van der Waals surface area (Å²) in [5.74, 6) is -1.81. The van der Waals surface area contributed by atoms with Crippen LogP contribution in [0, 0.1) is 25.6 Å². The van der Waals surface area contributed by atoms with Gasteiger partial charge in [-0.05, 0) is 61.4 Å². The normalized spacial score (nSPS) is 15.8. The number of amides is 2. The lowest BCUT2D eigenvalue weighted by molar-refractivity contribution is -0.123. The molecule has 0 bridgehead atoms. The van der Waals surface area contributed by atoms with Crippen molar-refractivity contribution in [2.75, 3.05) is 16.9 Å². The van der Waals surface area contributed by atoms with Crippen LogP contribution in [0.3, 0.4) is 0 Å². The van der Waals surface area contributed by atoms with E-state index >= 15 is 0 Å². The van der Waals surface area contributed by atoms with Crippen LogP contribution in [-0.4, -0.2) is 37.8 Å². The third-order valence-electron chi connectivity index (χ3n) is 6.09.